The third-order valence-corrected chi connectivity index (χ3v) is 15.3. The third-order valence-electron chi connectivity index (χ3n) is 15.3. The zero-order valence-electron chi connectivity index (χ0n) is 75.0. The molecule has 0 amide bonds. The molecule has 0 atom stereocenters. The van der Waals surface area contributed by atoms with Crippen molar-refractivity contribution in [1.29, 1.82) is 0 Å². The summed E-state index contributed by atoms with van der Waals surface area (Å²) in [5.74, 6) is -1.21. The van der Waals surface area contributed by atoms with Crippen LogP contribution in [0.15, 0.2) is 284 Å². The molecule has 0 aromatic heterocycles. The Morgan fingerprint density at radius 1 is 0.372 bits per heavy atom. The minimum atomic E-state index is -0.450. The fraction of sp³-hybridized carbons (Fsp3) is 0.392. The average Bonchev–Trinajstić information content (AvgIpc) is 0.962. The predicted octanol–water partition coefficient (Wildman–Crippen LogP) is 17.5. The Labute approximate surface area is 730 Å². The summed E-state index contributed by atoms with van der Waals surface area (Å²) >= 11 is 0. The number of ether oxygens (including phenoxy) is 4. The lowest BCUT2D eigenvalue weighted by molar-refractivity contribution is -0.255. The topological polar surface area (TPSA) is 336 Å². The summed E-state index contributed by atoms with van der Waals surface area (Å²) in [6.07, 6.45) is 10.3. The van der Waals surface area contributed by atoms with E-state index in [1.807, 2.05) is 230 Å². The Morgan fingerprint density at radius 2 is 0.612 bits per heavy atom. The van der Waals surface area contributed by atoms with Crippen LogP contribution in [0.3, 0.4) is 0 Å². The van der Waals surface area contributed by atoms with Crippen LogP contribution in [-0.2, 0) is 52.9 Å². The molecule has 7 aromatic rings. The number of carbonyl (C=O) groups is 4. The van der Waals surface area contributed by atoms with E-state index in [1.165, 1.54) is 93.5 Å². The van der Waals surface area contributed by atoms with Crippen molar-refractivity contribution in [2.24, 2.45) is 57.9 Å². The van der Waals surface area contributed by atoms with Crippen molar-refractivity contribution in [3.8, 4) is 0 Å². The number of ketones is 1. The number of esters is 1. The van der Waals surface area contributed by atoms with Crippen LogP contribution in [0.4, 0.5) is 0 Å². The van der Waals surface area contributed by atoms with Gasteiger partial charge >= 0.3 is 17.9 Å². The van der Waals surface area contributed by atoms with Crippen molar-refractivity contribution in [2.75, 3.05) is 159 Å². The van der Waals surface area contributed by atoms with Gasteiger partial charge < -0.3 is 46.8 Å². The van der Waals surface area contributed by atoms with Crippen LogP contribution in [0.5, 0.6) is 0 Å². The molecule has 0 saturated heterocycles. The number of hydrogen-bond acceptors (Lipinski definition) is 24. The van der Waals surface area contributed by atoms with Gasteiger partial charge in [0.1, 0.15) is 6.61 Å². The SMILES string of the molecule is C.C.C.C=CC(=O)OCCOCCOCCOC.CC(=O)c1ccccc1.CN.CN.CN.CN.CN=C(C)C1=CC=CCC1.CN=C(C)c1ccccc1.CN=C(C)c1ccccc1.CN=C(C)c1ccccc1.CN=C(C)c1ccccc1.CN=C(C)c1ccccc1.CN=C(C)c1ccccc1.COOC(=O)CCN(C)CCC(=O)OOC. The number of nitrogens with zero attached hydrogens (tertiary/aromatic N) is 8. The molecule has 0 radical (unpaired) electrons. The molecule has 8 N–H and O–H groups in total. The smallest absolute Gasteiger partial charge is 0.343 e. The molecule has 24 heteroatoms. The maximum Gasteiger partial charge on any atom is 0.343 e. The van der Waals surface area contributed by atoms with Crippen LogP contribution in [-0.4, -0.2) is 227 Å². The summed E-state index contributed by atoms with van der Waals surface area (Å²) in [5.41, 5.74) is 35.0. The molecule has 0 aliphatic heterocycles. The van der Waals surface area contributed by atoms with E-state index < -0.39 is 17.9 Å². The second-order valence-electron chi connectivity index (χ2n) is 23.1. The highest BCUT2D eigenvalue weighted by atomic mass is 17.2. The Hall–Kier alpha value is -10.9. The van der Waals surface area contributed by atoms with E-state index in [0.29, 0.717) is 46.1 Å². The van der Waals surface area contributed by atoms with Crippen LogP contribution >= 0.6 is 0 Å². The number of carbonyl (C=O) groups excluding carboxylic acids is 4. The highest BCUT2D eigenvalue weighted by molar-refractivity contribution is 6.01. The largest absolute Gasteiger partial charge is 0.460 e. The van der Waals surface area contributed by atoms with Crippen LogP contribution in [0.1, 0.15) is 147 Å². The minimum Gasteiger partial charge on any atom is -0.460 e. The molecule has 0 unspecified atom stereocenters. The van der Waals surface area contributed by atoms with Crippen LogP contribution < -0.4 is 22.9 Å². The summed E-state index contributed by atoms with van der Waals surface area (Å²) in [7, 11) is 24.6. The summed E-state index contributed by atoms with van der Waals surface area (Å²) < 4.78 is 19.8. The molecule has 0 saturated carbocycles. The maximum atomic E-state index is 10.9. The number of methoxy groups -OCH3 is 1. The van der Waals surface area contributed by atoms with Gasteiger partial charge in [-0.1, -0.05) is 259 Å². The van der Waals surface area contributed by atoms with Gasteiger partial charge in [0.25, 0.3) is 0 Å². The summed E-state index contributed by atoms with van der Waals surface area (Å²) in [6.45, 7) is 22.6. The Bertz CT molecular complexity index is 3390. The average molecular weight is 1680 g/mol. The van der Waals surface area contributed by atoms with Gasteiger partial charge in [0.15, 0.2) is 5.78 Å². The molecule has 121 heavy (non-hydrogen) atoms. The van der Waals surface area contributed by atoms with E-state index in [9.17, 15) is 19.2 Å². The van der Waals surface area contributed by atoms with Crippen molar-refractivity contribution in [3.63, 3.8) is 0 Å². The molecule has 1 aliphatic rings. The monoisotopic (exact) mass is 1680 g/mol. The highest BCUT2D eigenvalue weighted by Gasteiger charge is 2.10. The molecule has 674 valence electrons. The van der Waals surface area contributed by atoms with Crippen LogP contribution in [0.2, 0.25) is 0 Å². The van der Waals surface area contributed by atoms with Crippen LogP contribution in [0, 0.1) is 0 Å². The number of Topliss-reactive ketones (excluding diaryl/α,β-unsaturated/α-hetero) is 1. The van der Waals surface area contributed by atoms with E-state index in [0.717, 1.165) is 52.3 Å². The first-order chi connectivity index (χ1) is 57.1. The number of rotatable bonds is 26. The zero-order chi connectivity index (χ0) is 90.2. The maximum absolute atomic E-state index is 10.9. The van der Waals surface area contributed by atoms with Crippen molar-refractivity contribution < 1.29 is 57.7 Å². The molecule has 1 aliphatic carbocycles. The number of allylic oxidation sites excluding steroid dienone is 4. The van der Waals surface area contributed by atoms with Crippen LogP contribution in [0.25, 0.3) is 0 Å². The molecule has 24 nitrogen and oxygen atoms in total. The van der Waals surface area contributed by atoms with Crippen molar-refractivity contribution in [2.45, 2.75) is 103 Å². The van der Waals surface area contributed by atoms with Crippen molar-refractivity contribution in [3.05, 3.63) is 288 Å². The molecule has 0 heterocycles. The lowest BCUT2D eigenvalue weighted by atomic mass is 10.0. The van der Waals surface area contributed by atoms with Gasteiger partial charge in [-0.05, 0) is 142 Å². The molecule has 0 spiro atoms. The van der Waals surface area contributed by atoms with E-state index in [1.54, 1.807) is 26.0 Å². The van der Waals surface area contributed by atoms with Gasteiger partial charge in [0.05, 0.1) is 60.1 Å². The normalized spacial score (nSPS) is 10.8. The first-order valence-corrected chi connectivity index (χ1v) is 38.3. The van der Waals surface area contributed by atoms with Gasteiger partial charge in [-0.15, -0.1) is 0 Å². The quantitative estimate of drug-likeness (QED) is 0.00744. The molecular weight excluding hydrogens is 1530 g/mol. The standard InChI is InChI=1S/C10H18O5.C9H17NO6.C9H13N.6C9H11N.C8H8O.4CH5N.3CH4/c1-3-10(11)15-9-8-14-7-6-13-5-4-12-2;1-10(6-4-8(11)15-13-2)7-5-9(12)16-14-3;7*1-8(10-2)9-6-4-3-5-7-9;1-7(9)8-5-3-2-4-6-8;4*1-2;;;/h3H,1,4-9H2,2H3;4-7H2,1-3H3;3-4,6H,5,7H2,1-2H3;6*3-7H,1-2H3;2-6H,1H3;4*2H2,1H3;3*1H4. The first kappa shape index (κ1) is 128. The fourth-order valence-corrected chi connectivity index (χ4v) is 8.24. The van der Waals surface area contributed by atoms with E-state index in [4.69, 9.17) is 18.9 Å². The number of nitrogens with two attached hydrogens (primary N) is 4. The third kappa shape index (κ3) is 76.3. The van der Waals surface area contributed by atoms with Gasteiger partial charge in [-0.3, -0.25) is 49.5 Å². The van der Waals surface area contributed by atoms with E-state index in [2.05, 4.69) is 182 Å². The van der Waals surface area contributed by atoms with Gasteiger partial charge in [-0.2, -0.15) is 9.78 Å². The van der Waals surface area contributed by atoms with Gasteiger partial charge in [-0.25, -0.2) is 14.4 Å². The summed E-state index contributed by atoms with van der Waals surface area (Å²) in [6, 6.07) is 70.2. The molecule has 0 bridgehead atoms. The second kappa shape index (κ2) is 96.3. The Morgan fingerprint density at radius 3 is 0.810 bits per heavy atom. The van der Waals surface area contributed by atoms with Gasteiger partial charge in [0.2, 0.25) is 0 Å². The molecule has 0 fully saturated rings. The van der Waals surface area contributed by atoms with Crippen molar-refractivity contribution in [1.82, 2.24) is 4.90 Å². The number of hydrogen-bond donors (Lipinski definition) is 4. The number of benzene rings is 7. The summed E-state index contributed by atoms with van der Waals surface area (Å²) in [4.78, 5) is 90.4. The van der Waals surface area contributed by atoms with E-state index >= 15 is 0 Å². The first-order valence-electron chi connectivity index (χ1n) is 38.3. The Balaban J connectivity index is -0.000000163. The molecule has 7 aromatic carbocycles. The zero-order valence-corrected chi connectivity index (χ0v) is 75.0. The lowest BCUT2D eigenvalue weighted by Crippen LogP contribution is -2.25. The predicted molar refractivity (Wildman–Crippen MR) is 518 cm³/mol. The molecular formula is C97H154N12O12. The molecule has 8 rings (SSSR count). The minimum absolute atomic E-state index is 0. The second-order valence-corrected chi connectivity index (χ2v) is 23.1. The lowest BCUT2D eigenvalue weighted by Gasteiger charge is -2.14. The number of aliphatic imine (C=N–C) groups is 7. The van der Waals surface area contributed by atoms with E-state index in [-0.39, 0.29) is 47.5 Å². The summed E-state index contributed by atoms with van der Waals surface area (Å²) in [5, 5.41) is 0. The van der Waals surface area contributed by atoms with Crippen molar-refractivity contribution >= 4 is 63.7 Å². The van der Waals surface area contributed by atoms with Gasteiger partial charge in [0, 0.05) is 121 Å². The highest BCUT2D eigenvalue weighted by Crippen LogP contribution is 2.13. The Kier molecular flexibility index (Phi) is 102. The fourth-order valence-electron chi connectivity index (χ4n) is 8.24.